The van der Waals surface area contributed by atoms with Crippen LogP contribution in [0.4, 0.5) is 8.78 Å². The second-order valence-electron chi connectivity index (χ2n) is 20.9. The number of hydrogen-bond acceptors (Lipinski definition) is 22. The molecule has 0 bridgehead atoms. The number of ether oxygens (including phenoxy) is 4. The van der Waals surface area contributed by atoms with Crippen LogP contribution in [0.5, 0.6) is 0 Å². The zero-order valence-corrected chi connectivity index (χ0v) is 58.2. The standard InChI is InChI=1S/C25H31ClFN4O10P.C11H11NO4.C9H11FN2O5.C5H12ClN.C4H10O2.Cl3P.ClH/c1-29(7-5-4-6-26)42(37,39-12-14-8-15-22(30(14)2)18(33)9-19(38-3)23(15)34)40-13-20-17(32)10-21(41-20)31-11-16(27)24(35)28-25(31)36;1-12-6(5-13)3-7-10(12)8(14)4-9(16-2)11(7)15;10-4-2-12(9(16)11-8(4)15)7-1-5(14)6(3-13)17-7;1-7-5-3-2-4-6;1-4(2,3)6-5;1-4(2)3;/h8-9,11,17,20-21,32H,4-7,10,12-13H2,1-3H3,(H,28,35,36);3-4,13H,5H2,1-2H3;2,5-7,13-14H,1,3H2,(H,11,15,16);7H,2-5H2,1H3;5H,1-3H3;;1H. The van der Waals surface area contributed by atoms with Gasteiger partial charge in [0.05, 0.1) is 82.0 Å². The number of nitrogens with zero attached hydrogens (tertiary/aromatic N) is 5. The van der Waals surface area contributed by atoms with Gasteiger partial charge < -0.3 is 53.8 Å². The lowest BCUT2D eigenvalue weighted by Crippen LogP contribution is -2.34. The molecule has 4 aromatic rings. The van der Waals surface area contributed by atoms with Gasteiger partial charge in [-0.3, -0.25) is 62.2 Å². The van der Waals surface area contributed by atoms with E-state index in [-0.39, 0.29) is 84.9 Å². The molecule has 0 aromatic carbocycles. The molecular formula is C54H76Cl6F2N8O21P2. The quantitative estimate of drug-likeness (QED) is 0.0146. The van der Waals surface area contributed by atoms with E-state index in [0.717, 1.165) is 40.3 Å². The van der Waals surface area contributed by atoms with Gasteiger partial charge in [-0.1, -0.05) is 33.7 Å². The summed E-state index contributed by atoms with van der Waals surface area (Å²) in [7, 11) is 5.22. The van der Waals surface area contributed by atoms with Gasteiger partial charge >= 0.3 is 19.1 Å². The van der Waals surface area contributed by atoms with E-state index in [1.807, 2.05) is 12.0 Å². The van der Waals surface area contributed by atoms with E-state index in [1.54, 1.807) is 39.9 Å². The zero-order chi connectivity index (χ0) is 69.5. The number of carbonyl (C=O) groups is 4. The van der Waals surface area contributed by atoms with Crippen LogP contribution in [0, 0.1) is 11.6 Å². The molecule has 2 fully saturated rings. The maximum absolute atomic E-state index is 14.0. The normalized spacial score (nSPS) is 19.5. The number of aliphatic hydroxyl groups is 4. The monoisotopic (exact) mass is 1480 g/mol. The molecule has 0 amide bonds. The fourth-order valence-electron chi connectivity index (χ4n) is 8.56. The van der Waals surface area contributed by atoms with Gasteiger partial charge in [0.15, 0.2) is 17.5 Å². The Kier molecular flexibility index (Phi) is 36.6. The molecular weight excluding hydrogens is 1410 g/mol. The summed E-state index contributed by atoms with van der Waals surface area (Å²) < 4.78 is 79.0. The maximum Gasteiger partial charge on any atom is 0.408 e. The van der Waals surface area contributed by atoms with Crippen molar-refractivity contribution >= 4 is 106 Å². The Balaban J connectivity index is 0.000000470. The molecule has 93 heavy (non-hydrogen) atoms. The summed E-state index contributed by atoms with van der Waals surface area (Å²) >= 11 is 25.8. The van der Waals surface area contributed by atoms with Crippen LogP contribution in [-0.4, -0.2) is 178 Å². The third-order valence-electron chi connectivity index (χ3n) is 13.4. The molecule has 6 heterocycles. The van der Waals surface area contributed by atoms with E-state index >= 15 is 0 Å². The van der Waals surface area contributed by atoms with Crippen molar-refractivity contribution < 1.29 is 91.1 Å². The highest BCUT2D eigenvalue weighted by molar-refractivity contribution is 8.20. The molecule has 7 unspecified atom stereocenters. The van der Waals surface area contributed by atoms with E-state index in [1.165, 1.54) is 59.7 Å². The Labute approximate surface area is 563 Å². The number of aliphatic hydroxyl groups excluding tert-OH is 4. The second kappa shape index (κ2) is 40.2. The molecule has 4 aromatic heterocycles. The highest BCUT2D eigenvalue weighted by Gasteiger charge is 2.41. The highest BCUT2D eigenvalue weighted by atomic mass is 36.0. The van der Waals surface area contributed by atoms with Crippen molar-refractivity contribution in [3.05, 3.63) is 135 Å². The average Bonchev–Trinajstić information content (AvgIpc) is 1.65. The molecule has 2 aliphatic carbocycles. The number of unbranched alkanes of at least 4 members (excludes halogenated alkanes) is 2. The SMILES string of the molecule is CC(C)(C)OO.CNCCCCCl.COC1=CC(=O)c2c(cc(CO)n2C)C1=O.COC1=CC(=O)c2c(cc(COP(=O)(OCC3OC(n4cc(F)c(=O)[nH]c4=O)CC3O)N(C)CCCCCl)n2C)C1=O.Cl.ClP(Cl)Cl.O=c1[nH]c(=O)n(C2CC(O)C(CO)O2)cc1F. The topological polar surface area (TPSA) is 386 Å². The van der Waals surface area contributed by atoms with Gasteiger partial charge in [0.2, 0.25) is 34.8 Å². The number of carbonyl (C=O) groups excluding carboxylic acids is 4. The molecule has 8 rings (SSSR count). The number of nitrogens with one attached hydrogen (secondary N) is 3. The van der Waals surface area contributed by atoms with Crippen LogP contribution in [-0.2, 0) is 64.8 Å². The Hall–Kier alpha value is -4.54. The molecule has 2 aliphatic heterocycles. The summed E-state index contributed by atoms with van der Waals surface area (Å²) in [5.74, 6) is -3.92. The largest absolute Gasteiger partial charge is 0.492 e. The van der Waals surface area contributed by atoms with Gasteiger partial charge in [-0.15, -0.1) is 35.6 Å². The number of fused-ring (bicyclic) bond motifs is 2. The number of halogens is 8. The number of rotatable bonds is 21. The number of H-pyrrole nitrogens is 2. The number of aromatic amines is 2. The van der Waals surface area contributed by atoms with Gasteiger partial charge in [-0.05, 0) is 79.2 Å². The minimum atomic E-state index is -4.08. The third-order valence-corrected chi connectivity index (χ3v) is 15.9. The smallest absolute Gasteiger partial charge is 0.408 e. The van der Waals surface area contributed by atoms with E-state index in [4.69, 9.17) is 100 Å². The fraction of sp³-hybridized carbons (Fsp3) is 0.556. The molecule has 4 aliphatic rings. The Morgan fingerprint density at radius 3 is 1.56 bits per heavy atom. The molecule has 0 radical (unpaired) electrons. The Bertz CT molecular complexity index is 3500. The van der Waals surface area contributed by atoms with Gasteiger partial charge in [0.25, 0.3) is 11.1 Å². The van der Waals surface area contributed by atoms with Crippen LogP contribution in [0.15, 0.2) is 67.4 Å². The average molecular weight is 1490 g/mol. The first-order valence-electron chi connectivity index (χ1n) is 27.7. The van der Waals surface area contributed by atoms with E-state index in [0.29, 0.717) is 42.0 Å². The van der Waals surface area contributed by atoms with E-state index < -0.39 is 115 Å². The molecule has 0 saturated carbocycles. The van der Waals surface area contributed by atoms with Crippen molar-refractivity contribution in [2.75, 3.05) is 66.4 Å². The lowest BCUT2D eigenvalue weighted by molar-refractivity contribution is -0.306. The van der Waals surface area contributed by atoms with Crippen molar-refractivity contribution in [1.29, 1.82) is 0 Å². The van der Waals surface area contributed by atoms with Crippen LogP contribution >= 0.6 is 83.1 Å². The number of ketones is 4. The third kappa shape index (κ3) is 24.5. The first-order chi connectivity index (χ1) is 43.2. The lowest BCUT2D eigenvalue weighted by atomic mass is 10.0. The zero-order valence-electron chi connectivity index (χ0n) is 51.8. The molecule has 7 atom stereocenters. The van der Waals surface area contributed by atoms with Crippen molar-refractivity contribution in [3.8, 4) is 0 Å². The van der Waals surface area contributed by atoms with E-state index in [2.05, 4.69) is 10.2 Å². The van der Waals surface area contributed by atoms with Gasteiger partial charge in [0, 0.05) is 68.8 Å². The summed E-state index contributed by atoms with van der Waals surface area (Å²) in [6, 6.07) is 2.97. The summed E-state index contributed by atoms with van der Waals surface area (Å²) in [6.45, 7) is 5.31. The number of alkyl halides is 2. The van der Waals surface area contributed by atoms with Crippen molar-refractivity contribution in [1.82, 2.24) is 38.2 Å². The number of allylic oxidation sites excluding steroid dienone is 4. The Morgan fingerprint density at radius 2 is 1.16 bits per heavy atom. The number of methoxy groups -OCH3 is 2. The maximum atomic E-state index is 14.0. The predicted octanol–water partition coefficient (Wildman–Crippen LogP) is 6.46. The summed E-state index contributed by atoms with van der Waals surface area (Å²) in [5, 5.41) is 48.9. The molecule has 524 valence electrons. The summed E-state index contributed by atoms with van der Waals surface area (Å²) in [4.78, 5) is 102. The Morgan fingerprint density at radius 1 is 0.742 bits per heavy atom. The minimum absolute atomic E-state index is 0. The van der Waals surface area contributed by atoms with Gasteiger partial charge in [0.1, 0.15) is 36.1 Å². The van der Waals surface area contributed by atoms with Crippen LogP contribution in [0.1, 0.15) is 125 Å². The second-order valence-corrected chi connectivity index (χ2v) is 28.8. The van der Waals surface area contributed by atoms with E-state index in [9.17, 15) is 61.9 Å². The molecule has 0 spiro atoms. The summed E-state index contributed by atoms with van der Waals surface area (Å²) in [6.07, 6.45) is 1.05. The predicted molar refractivity (Wildman–Crippen MR) is 343 cm³/mol. The van der Waals surface area contributed by atoms with Crippen LogP contribution < -0.4 is 27.8 Å². The molecule has 39 heteroatoms. The lowest BCUT2D eigenvalue weighted by Gasteiger charge is -2.28. The van der Waals surface area contributed by atoms with Crippen LogP contribution in [0.3, 0.4) is 0 Å². The van der Waals surface area contributed by atoms with Crippen LogP contribution in [0.25, 0.3) is 0 Å². The van der Waals surface area contributed by atoms with Gasteiger partial charge in [-0.25, -0.2) is 23.7 Å². The van der Waals surface area contributed by atoms with Crippen LogP contribution in [0.2, 0.25) is 0 Å². The summed E-state index contributed by atoms with van der Waals surface area (Å²) in [5.41, 5.74) is -2.72. The molecule has 8 N–H and O–H groups in total. The number of hydrogen-bond donors (Lipinski definition) is 8. The fourth-order valence-corrected chi connectivity index (χ4v) is 10.4. The minimum Gasteiger partial charge on any atom is -0.492 e. The first kappa shape index (κ1) is 84.5. The molecule has 2 saturated heterocycles. The first-order valence-corrected chi connectivity index (χ1v) is 34.3. The number of Topliss-reactive ketones (excluding diaryl/α,β-unsaturated/α-hetero) is 2. The molecule has 29 nitrogen and oxygen atoms in total. The van der Waals surface area contributed by atoms with Crippen molar-refractivity contribution in [2.45, 2.75) is 115 Å². The van der Waals surface area contributed by atoms with Crippen molar-refractivity contribution in [2.24, 2.45) is 14.1 Å². The highest BCUT2D eigenvalue weighted by Crippen LogP contribution is 2.53. The van der Waals surface area contributed by atoms with Gasteiger partial charge in [-0.2, -0.15) is 8.78 Å². The van der Waals surface area contributed by atoms with Crippen molar-refractivity contribution in [3.63, 3.8) is 0 Å². The number of aromatic nitrogens is 6.